The summed E-state index contributed by atoms with van der Waals surface area (Å²) in [5, 5.41) is 0.794. The number of rotatable bonds is 4. The van der Waals surface area contributed by atoms with Crippen molar-refractivity contribution >= 4 is 32.7 Å². The van der Waals surface area contributed by atoms with E-state index < -0.39 is 15.6 Å². The molecule has 0 saturated heterocycles. The van der Waals surface area contributed by atoms with E-state index in [4.69, 9.17) is 4.74 Å². The minimum Gasteiger partial charge on any atom is -0.444 e. The fraction of sp³-hybridized carbons (Fsp3) is 0.423. The third-order valence-corrected chi connectivity index (χ3v) is 8.01. The van der Waals surface area contributed by atoms with Gasteiger partial charge in [-0.25, -0.2) is 27.2 Å². The van der Waals surface area contributed by atoms with E-state index in [0.29, 0.717) is 31.1 Å². The molecule has 0 radical (unpaired) electrons. The summed E-state index contributed by atoms with van der Waals surface area (Å²) in [6, 6.07) is 6.85. The van der Waals surface area contributed by atoms with Gasteiger partial charge in [0, 0.05) is 24.7 Å². The first-order chi connectivity index (χ1) is 16.5. The molecule has 8 nitrogen and oxygen atoms in total. The maximum Gasteiger partial charge on any atom is 0.410 e. The normalized spacial score (nSPS) is 16.9. The third kappa shape index (κ3) is 4.57. The van der Waals surface area contributed by atoms with Crippen LogP contribution < -0.4 is 0 Å². The molecular formula is C26H30N4O4S. The van der Waals surface area contributed by atoms with Gasteiger partial charge in [0.15, 0.2) is 5.65 Å². The minimum absolute atomic E-state index is 0.229. The number of hydrogen-bond donors (Lipinski definition) is 0. The quantitative estimate of drug-likeness (QED) is 0.513. The number of carbonyl (C=O) groups excluding carboxylic acids is 1. The van der Waals surface area contributed by atoms with Crippen LogP contribution in [0.4, 0.5) is 4.79 Å². The monoisotopic (exact) mass is 494 g/mol. The lowest BCUT2D eigenvalue weighted by Gasteiger charge is -2.29. The molecule has 0 bridgehead atoms. The average molecular weight is 495 g/mol. The highest BCUT2D eigenvalue weighted by Gasteiger charge is 2.33. The van der Waals surface area contributed by atoms with E-state index in [1.807, 2.05) is 33.8 Å². The first-order valence-electron chi connectivity index (χ1n) is 11.9. The Morgan fingerprint density at radius 3 is 2.43 bits per heavy atom. The van der Waals surface area contributed by atoms with Crippen molar-refractivity contribution < 1.29 is 17.9 Å². The number of ether oxygens (including phenoxy) is 1. The predicted octanol–water partition coefficient (Wildman–Crippen LogP) is 4.88. The van der Waals surface area contributed by atoms with Gasteiger partial charge in [0.1, 0.15) is 11.9 Å². The van der Waals surface area contributed by atoms with Crippen LogP contribution in [-0.2, 0) is 14.8 Å². The van der Waals surface area contributed by atoms with Crippen molar-refractivity contribution in [1.82, 2.24) is 18.8 Å². The standard InChI is InChI=1S/C26H30N4O4S/c1-17-5-9-20(10-6-17)35(32,33)30-15-21(18-7-8-18)22-23(27-16-28-24(22)30)19-11-13-29(14-12-19)25(31)34-26(2,3)4/h5-6,9-11,15-16,18H,7-8,12-14H2,1-4H3. The van der Waals surface area contributed by atoms with Crippen molar-refractivity contribution in [3.05, 3.63) is 59.7 Å². The topological polar surface area (TPSA) is 94.4 Å². The summed E-state index contributed by atoms with van der Waals surface area (Å²) < 4.78 is 33.9. The summed E-state index contributed by atoms with van der Waals surface area (Å²) in [5.74, 6) is 0.305. The minimum atomic E-state index is -3.81. The van der Waals surface area contributed by atoms with Crippen molar-refractivity contribution in [3.8, 4) is 0 Å². The fourth-order valence-electron chi connectivity index (χ4n) is 4.39. The van der Waals surface area contributed by atoms with Gasteiger partial charge in [-0.15, -0.1) is 0 Å². The fourth-order valence-corrected chi connectivity index (χ4v) is 5.72. The molecule has 1 saturated carbocycles. The van der Waals surface area contributed by atoms with Gasteiger partial charge in [0.05, 0.1) is 10.6 Å². The summed E-state index contributed by atoms with van der Waals surface area (Å²) in [6.07, 6.45) is 7.44. The number of aromatic nitrogens is 3. The SMILES string of the molecule is Cc1ccc(S(=O)(=O)n2cc(C3CC3)c3c(C4=CCN(C(=O)OC(C)(C)C)CC4)ncnc32)cc1. The van der Waals surface area contributed by atoms with Gasteiger partial charge in [-0.2, -0.15) is 0 Å². The average Bonchev–Trinajstić information content (AvgIpc) is 3.57. The molecule has 1 aromatic carbocycles. The molecule has 35 heavy (non-hydrogen) atoms. The predicted molar refractivity (Wildman–Crippen MR) is 134 cm³/mol. The van der Waals surface area contributed by atoms with Crippen LogP contribution >= 0.6 is 0 Å². The van der Waals surface area contributed by atoms with E-state index in [1.165, 1.54) is 10.3 Å². The lowest BCUT2D eigenvalue weighted by atomic mass is 9.99. The second kappa shape index (κ2) is 8.48. The van der Waals surface area contributed by atoms with E-state index >= 15 is 0 Å². The molecule has 1 amide bonds. The highest BCUT2D eigenvalue weighted by Crippen LogP contribution is 2.46. The number of benzene rings is 1. The number of amides is 1. The van der Waals surface area contributed by atoms with Crippen LogP contribution in [0.1, 0.15) is 62.8 Å². The van der Waals surface area contributed by atoms with Crippen LogP contribution in [0.25, 0.3) is 16.6 Å². The van der Waals surface area contributed by atoms with Crippen LogP contribution in [0.2, 0.25) is 0 Å². The highest BCUT2D eigenvalue weighted by molar-refractivity contribution is 7.90. The molecule has 2 aromatic heterocycles. The lowest BCUT2D eigenvalue weighted by Crippen LogP contribution is -2.39. The molecule has 1 aliphatic carbocycles. The third-order valence-electron chi connectivity index (χ3n) is 6.34. The van der Waals surface area contributed by atoms with Crippen LogP contribution in [-0.4, -0.2) is 52.0 Å². The van der Waals surface area contributed by atoms with Gasteiger partial charge >= 0.3 is 6.09 Å². The van der Waals surface area contributed by atoms with Crippen LogP contribution in [0.5, 0.6) is 0 Å². The highest BCUT2D eigenvalue weighted by atomic mass is 32.2. The van der Waals surface area contributed by atoms with Crippen molar-refractivity contribution in [2.24, 2.45) is 0 Å². The zero-order chi connectivity index (χ0) is 25.0. The van der Waals surface area contributed by atoms with Gasteiger partial charge in [-0.3, -0.25) is 0 Å². The number of fused-ring (bicyclic) bond motifs is 1. The Balaban J connectivity index is 1.55. The van der Waals surface area contributed by atoms with Crippen molar-refractivity contribution in [1.29, 1.82) is 0 Å². The number of hydrogen-bond acceptors (Lipinski definition) is 6. The molecule has 5 rings (SSSR count). The van der Waals surface area contributed by atoms with E-state index in [0.717, 1.165) is 40.6 Å². The van der Waals surface area contributed by atoms with E-state index in [-0.39, 0.29) is 11.0 Å². The van der Waals surface area contributed by atoms with Crippen molar-refractivity contribution in [2.45, 2.75) is 63.4 Å². The molecular weight excluding hydrogens is 464 g/mol. The lowest BCUT2D eigenvalue weighted by molar-refractivity contribution is 0.0270. The Hall–Kier alpha value is -3.20. The van der Waals surface area contributed by atoms with E-state index in [2.05, 4.69) is 9.97 Å². The molecule has 3 aromatic rings. The molecule has 1 aliphatic heterocycles. The maximum atomic E-state index is 13.6. The Kier molecular flexibility index (Phi) is 5.70. The molecule has 184 valence electrons. The molecule has 0 N–H and O–H groups in total. The second-order valence-electron chi connectivity index (χ2n) is 10.3. The number of carbonyl (C=O) groups is 1. The second-order valence-corrected chi connectivity index (χ2v) is 12.1. The zero-order valence-corrected chi connectivity index (χ0v) is 21.3. The van der Waals surface area contributed by atoms with Crippen LogP contribution in [0.15, 0.2) is 47.8 Å². The molecule has 1 fully saturated rings. The van der Waals surface area contributed by atoms with Gasteiger partial charge in [0.25, 0.3) is 10.0 Å². The first-order valence-corrected chi connectivity index (χ1v) is 13.3. The smallest absolute Gasteiger partial charge is 0.410 e. The van der Waals surface area contributed by atoms with Crippen molar-refractivity contribution in [3.63, 3.8) is 0 Å². The Morgan fingerprint density at radius 2 is 1.83 bits per heavy atom. The van der Waals surface area contributed by atoms with Gasteiger partial charge < -0.3 is 9.64 Å². The Labute approximate surface area is 205 Å². The molecule has 9 heteroatoms. The molecule has 0 spiro atoms. The van der Waals surface area contributed by atoms with Crippen LogP contribution in [0.3, 0.4) is 0 Å². The van der Waals surface area contributed by atoms with Gasteiger partial charge in [-0.05, 0) is 76.1 Å². The Bertz CT molecular complexity index is 1430. The largest absolute Gasteiger partial charge is 0.444 e. The molecule has 0 unspecified atom stereocenters. The van der Waals surface area contributed by atoms with Gasteiger partial charge in [-0.1, -0.05) is 23.8 Å². The summed E-state index contributed by atoms with van der Waals surface area (Å²) in [6.45, 7) is 8.39. The number of aryl methyl sites for hydroxylation is 1. The summed E-state index contributed by atoms with van der Waals surface area (Å²) in [4.78, 5) is 23.4. The van der Waals surface area contributed by atoms with E-state index in [1.54, 1.807) is 35.4 Å². The maximum absolute atomic E-state index is 13.6. The van der Waals surface area contributed by atoms with Crippen molar-refractivity contribution in [2.75, 3.05) is 13.1 Å². The molecule has 3 heterocycles. The van der Waals surface area contributed by atoms with Gasteiger partial charge in [0.2, 0.25) is 0 Å². The number of nitrogens with zero attached hydrogens (tertiary/aromatic N) is 4. The van der Waals surface area contributed by atoms with E-state index in [9.17, 15) is 13.2 Å². The summed E-state index contributed by atoms with van der Waals surface area (Å²) >= 11 is 0. The summed E-state index contributed by atoms with van der Waals surface area (Å²) in [5.41, 5.74) is 3.55. The van der Waals surface area contributed by atoms with Crippen LogP contribution in [0, 0.1) is 6.92 Å². The first kappa shape index (κ1) is 23.5. The zero-order valence-electron chi connectivity index (χ0n) is 20.5. The molecule has 2 aliphatic rings. The molecule has 0 atom stereocenters. The Morgan fingerprint density at radius 1 is 1.11 bits per heavy atom. The summed E-state index contributed by atoms with van der Waals surface area (Å²) in [7, 11) is -3.81.